The smallest absolute Gasteiger partial charge is 0.254 e. The number of phenolic OH excluding ortho intramolecular Hbond substituents is 3. The van der Waals surface area contributed by atoms with Crippen molar-refractivity contribution in [1.29, 1.82) is 0 Å². The molecule has 2 aromatic carbocycles. The maximum Gasteiger partial charge on any atom is 0.254 e. The van der Waals surface area contributed by atoms with Gasteiger partial charge in [0.25, 0.3) is 11.8 Å². The molecule has 0 aromatic heterocycles. The summed E-state index contributed by atoms with van der Waals surface area (Å²) in [5.74, 6) is -1.36. The van der Waals surface area contributed by atoms with E-state index >= 15 is 0 Å². The Kier molecular flexibility index (Phi) is 6.82. The molecule has 0 unspecified atom stereocenters. The third kappa shape index (κ3) is 4.58. The molecule has 3 rings (SSSR count). The number of carbonyl (C=O) groups excluding carboxylic acids is 2. The van der Waals surface area contributed by atoms with E-state index in [0.717, 1.165) is 12.1 Å². The molecular weight excluding hydrogens is 420 g/mol. The maximum atomic E-state index is 13.0. The lowest BCUT2D eigenvalue weighted by atomic mass is 10.0. The van der Waals surface area contributed by atoms with Gasteiger partial charge in [0.15, 0.2) is 28.7 Å². The number of piperidine rings is 1. The Hall–Kier alpha value is -3.82. The topological polar surface area (TPSA) is 138 Å². The van der Waals surface area contributed by atoms with Gasteiger partial charge in [0.1, 0.15) is 0 Å². The van der Waals surface area contributed by atoms with Gasteiger partial charge in [0, 0.05) is 30.3 Å². The molecule has 0 spiro atoms. The summed E-state index contributed by atoms with van der Waals surface area (Å²) in [4.78, 5) is 27.1. The van der Waals surface area contributed by atoms with Gasteiger partial charge >= 0.3 is 0 Å². The van der Waals surface area contributed by atoms with Crippen LogP contribution in [-0.4, -0.2) is 72.5 Å². The lowest BCUT2D eigenvalue weighted by molar-refractivity contribution is 0.0697. The van der Waals surface area contributed by atoms with Crippen molar-refractivity contribution in [3.05, 3.63) is 35.4 Å². The van der Waals surface area contributed by atoms with Crippen molar-refractivity contribution in [1.82, 2.24) is 10.2 Å². The van der Waals surface area contributed by atoms with Gasteiger partial charge in [0.2, 0.25) is 5.75 Å². The van der Waals surface area contributed by atoms with Crippen molar-refractivity contribution in [2.45, 2.75) is 18.9 Å². The van der Waals surface area contributed by atoms with Gasteiger partial charge in [-0.3, -0.25) is 9.59 Å². The van der Waals surface area contributed by atoms with Crippen molar-refractivity contribution < 1.29 is 39.1 Å². The Labute approximate surface area is 184 Å². The van der Waals surface area contributed by atoms with E-state index in [2.05, 4.69) is 5.32 Å². The second-order valence-electron chi connectivity index (χ2n) is 7.32. The molecule has 0 radical (unpaired) electrons. The molecule has 0 aliphatic carbocycles. The number of amides is 2. The molecule has 172 valence electrons. The maximum absolute atomic E-state index is 13.0. The molecule has 0 atom stereocenters. The van der Waals surface area contributed by atoms with Crippen molar-refractivity contribution in [2.75, 3.05) is 34.4 Å². The number of nitrogens with one attached hydrogen (secondary N) is 1. The fraction of sp³-hybridized carbons (Fsp3) is 0.364. The van der Waals surface area contributed by atoms with Gasteiger partial charge in [-0.2, -0.15) is 0 Å². The summed E-state index contributed by atoms with van der Waals surface area (Å²) in [7, 11) is 4.45. The number of rotatable bonds is 6. The van der Waals surface area contributed by atoms with Crippen molar-refractivity contribution >= 4 is 11.8 Å². The van der Waals surface area contributed by atoms with Crippen LogP contribution in [0.15, 0.2) is 24.3 Å². The Balaban J connectivity index is 1.64. The van der Waals surface area contributed by atoms with Gasteiger partial charge in [-0.1, -0.05) is 0 Å². The van der Waals surface area contributed by atoms with E-state index in [-0.39, 0.29) is 17.5 Å². The molecule has 2 aromatic rings. The third-order valence-electron chi connectivity index (χ3n) is 5.36. The van der Waals surface area contributed by atoms with Crippen LogP contribution in [-0.2, 0) is 0 Å². The second-order valence-corrected chi connectivity index (χ2v) is 7.32. The number of hydrogen-bond acceptors (Lipinski definition) is 8. The average Bonchev–Trinajstić information content (AvgIpc) is 2.81. The van der Waals surface area contributed by atoms with Crippen molar-refractivity contribution in [3.63, 3.8) is 0 Å². The molecule has 10 nitrogen and oxygen atoms in total. The predicted molar refractivity (Wildman–Crippen MR) is 114 cm³/mol. The average molecular weight is 446 g/mol. The summed E-state index contributed by atoms with van der Waals surface area (Å²) in [6.07, 6.45) is 1.05. The van der Waals surface area contributed by atoms with Crippen LogP contribution in [0.1, 0.15) is 33.6 Å². The molecule has 1 heterocycles. The van der Waals surface area contributed by atoms with E-state index in [1.165, 1.54) is 21.3 Å². The quantitative estimate of drug-likeness (QED) is 0.494. The monoisotopic (exact) mass is 446 g/mol. The first-order valence-electron chi connectivity index (χ1n) is 9.94. The summed E-state index contributed by atoms with van der Waals surface area (Å²) < 4.78 is 15.9. The van der Waals surface area contributed by atoms with Gasteiger partial charge in [-0.05, 0) is 37.1 Å². The highest BCUT2D eigenvalue weighted by Gasteiger charge is 2.27. The second kappa shape index (κ2) is 9.54. The molecule has 1 aliphatic heterocycles. The zero-order valence-electron chi connectivity index (χ0n) is 18.0. The molecule has 1 saturated heterocycles. The van der Waals surface area contributed by atoms with Crippen LogP contribution >= 0.6 is 0 Å². The number of likely N-dealkylation sites (tertiary alicyclic amines) is 1. The van der Waals surface area contributed by atoms with E-state index < -0.39 is 23.2 Å². The normalized spacial score (nSPS) is 14.0. The molecule has 0 bridgehead atoms. The fourth-order valence-corrected chi connectivity index (χ4v) is 3.62. The Morgan fingerprint density at radius 3 is 1.88 bits per heavy atom. The molecule has 2 amide bonds. The first-order chi connectivity index (χ1) is 15.3. The van der Waals surface area contributed by atoms with Crippen molar-refractivity contribution in [2.24, 2.45) is 0 Å². The van der Waals surface area contributed by atoms with E-state index in [9.17, 15) is 24.9 Å². The van der Waals surface area contributed by atoms with E-state index in [1.54, 1.807) is 17.0 Å². The van der Waals surface area contributed by atoms with Crippen LogP contribution in [0.3, 0.4) is 0 Å². The first-order valence-corrected chi connectivity index (χ1v) is 9.94. The third-order valence-corrected chi connectivity index (χ3v) is 5.36. The van der Waals surface area contributed by atoms with Crippen molar-refractivity contribution in [3.8, 4) is 34.5 Å². The van der Waals surface area contributed by atoms with Crippen LogP contribution in [0.4, 0.5) is 0 Å². The minimum atomic E-state index is -0.680. The lowest BCUT2D eigenvalue weighted by Gasteiger charge is -2.32. The standard InChI is InChI=1S/C22H26N2O8/c1-30-17-10-13(11-18(31-2)20(17)32-3)22(29)24-6-4-14(5-7-24)23-21(28)12-8-15(25)19(27)16(26)9-12/h8-11,14,25-27H,4-7H2,1-3H3,(H,23,28). The van der Waals surface area contributed by atoms with Gasteiger partial charge in [-0.15, -0.1) is 0 Å². The summed E-state index contributed by atoms with van der Waals surface area (Å²) >= 11 is 0. The highest BCUT2D eigenvalue weighted by Crippen LogP contribution is 2.39. The minimum Gasteiger partial charge on any atom is -0.504 e. The van der Waals surface area contributed by atoms with E-state index in [4.69, 9.17) is 14.2 Å². The number of carbonyl (C=O) groups is 2. The van der Waals surface area contributed by atoms with Crippen LogP contribution in [0.25, 0.3) is 0 Å². The molecule has 1 fully saturated rings. The van der Waals surface area contributed by atoms with E-state index in [0.29, 0.717) is 48.7 Å². The number of ether oxygens (including phenoxy) is 3. The molecular formula is C22H26N2O8. The summed E-state index contributed by atoms with van der Waals surface area (Å²) in [6, 6.07) is 5.16. The minimum absolute atomic E-state index is 0.0220. The summed E-state index contributed by atoms with van der Waals surface area (Å²) in [5.41, 5.74) is 0.422. The zero-order chi connectivity index (χ0) is 23.4. The number of nitrogens with zero attached hydrogens (tertiary/aromatic N) is 1. The molecule has 10 heteroatoms. The number of methoxy groups -OCH3 is 3. The predicted octanol–water partition coefficient (Wildman–Crippen LogP) is 1.86. The Morgan fingerprint density at radius 1 is 0.875 bits per heavy atom. The van der Waals surface area contributed by atoms with Crippen LogP contribution in [0, 0.1) is 0 Å². The zero-order valence-corrected chi connectivity index (χ0v) is 18.0. The highest BCUT2D eigenvalue weighted by atomic mass is 16.5. The van der Waals surface area contributed by atoms with Gasteiger partial charge in [0.05, 0.1) is 21.3 Å². The van der Waals surface area contributed by atoms with Gasteiger partial charge in [-0.25, -0.2) is 0 Å². The summed E-state index contributed by atoms with van der Waals surface area (Å²) in [6.45, 7) is 0.846. The number of hydrogen-bond donors (Lipinski definition) is 4. The van der Waals surface area contributed by atoms with Crippen LogP contribution < -0.4 is 19.5 Å². The SMILES string of the molecule is COc1cc(C(=O)N2CCC(NC(=O)c3cc(O)c(O)c(O)c3)CC2)cc(OC)c1OC. The van der Waals surface area contributed by atoms with E-state index in [1.807, 2.05) is 0 Å². The summed E-state index contributed by atoms with van der Waals surface area (Å²) in [5, 5.41) is 31.4. The fourth-order valence-electron chi connectivity index (χ4n) is 3.62. The number of aromatic hydroxyl groups is 3. The van der Waals surface area contributed by atoms with Crippen LogP contribution in [0.5, 0.6) is 34.5 Å². The molecule has 32 heavy (non-hydrogen) atoms. The van der Waals surface area contributed by atoms with Crippen LogP contribution in [0.2, 0.25) is 0 Å². The first kappa shape index (κ1) is 22.9. The lowest BCUT2D eigenvalue weighted by Crippen LogP contribution is -2.46. The number of benzene rings is 2. The highest BCUT2D eigenvalue weighted by molar-refractivity contribution is 5.96. The molecule has 0 saturated carbocycles. The number of phenols is 3. The Bertz CT molecular complexity index is 967. The largest absolute Gasteiger partial charge is 0.504 e. The van der Waals surface area contributed by atoms with Gasteiger partial charge < -0.3 is 39.7 Å². The Morgan fingerprint density at radius 2 is 1.41 bits per heavy atom. The molecule has 4 N–H and O–H groups in total. The molecule has 1 aliphatic rings.